The number of phenolic OH excluding ortho intramolecular Hbond substituents is 1. The highest BCUT2D eigenvalue weighted by Gasteiger charge is 2.20. The van der Waals surface area contributed by atoms with Crippen LogP contribution in [-0.4, -0.2) is 38.1 Å². The summed E-state index contributed by atoms with van der Waals surface area (Å²) in [5.74, 6) is 0.0985. The number of halogens is 1. The molecule has 0 aliphatic rings. The Labute approximate surface area is 134 Å². The van der Waals surface area contributed by atoms with E-state index >= 15 is 0 Å². The predicted octanol–water partition coefficient (Wildman–Crippen LogP) is 3.05. The molecule has 0 fully saturated rings. The molecule has 2 aromatic rings. The summed E-state index contributed by atoms with van der Waals surface area (Å²) in [6.07, 6.45) is 1.46. The quantitative estimate of drug-likeness (QED) is 0.871. The maximum absolute atomic E-state index is 12.2. The number of hydrogen-bond donors (Lipinski definition) is 1. The van der Waals surface area contributed by atoms with E-state index in [1.54, 1.807) is 30.3 Å². The summed E-state index contributed by atoms with van der Waals surface area (Å²) in [6.45, 7) is 0. The average molecular weight is 339 g/mol. The van der Waals surface area contributed by atoms with Gasteiger partial charge in [-0.1, -0.05) is 23.7 Å². The van der Waals surface area contributed by atoms with E-state index in [0.29, 0.717) is 11.3 Å². The van der Waals surface area contributed by atoms with Gasteiger partial charge in [0.05, 0.1) is 10.7 Å². The molecule has 0 bridgehead atoms. The van der Waals surface area contributed by atoms with Crippen LogP contribution in [0.2, 0.25) is 5.02 Å². The number of para-hydroxylation sites is 1. The Morgan fingerprint density at radius 1 is 1.18 bits per heavy atom. The van der Waals surface area contributed by atoms with Gasteiger partial charge in [-0.2, -0.15) is 0 Å². The summed E-state index contributed by atoms with van der Waals surface area (Å²) >= 11 is 5.97. The van der Waals surface area contributed by atoms with Gasteiger partial charge in [0.25, 0.3) is 0 Å². The molecule has 0 heterocycles. The molecule has 2 aromatic carbocycles. The zero-order valence-corrected chi connectivity index (χ0v) is 13.6. The highest BCUT2D eigenvalue weighted by molar-refractivity contribution is 7.89. The van der Waals surface area contributed by atoms with Crippen LogP contribution < -0.4 is 0 Å². The second-order valence-corrected chi connectivity index (χ2v) is 7.25. The lowest BCUT2D eigenvalue weighted by molar-refractivity contribution is 0.474. The molecule has 22 heavy (non-hydrogen) atoms. The number of benzene rings is 2. The fraction of sp³-hybridized carbons (Fsp3) is 0.133. The van der Waals surface area contributed by atoms with E-state index in [1.165, 1.54) is 32.4 Å². The first-order chi connectivity index (χ1) is 10.3. The van der Waals surface area contributed by atoms with Gasteiger partial charge in [0.1, 0.15) is 10.6 Å². The van der Waals surface area contributed by atoms with Crippen molar-refractivity contribution < 1.29 is 13.5 Å². The van der Waals surface area contributed by atoms with Gasteiger partial charge in [0.15, 0.2) is 0 Å². The van der Waals surface area contributed by atoms with E-state index < -0.39 is 10.0 Å². The molecule has 0 aliphatic carbocycles. The van der Waals surface area contributed by atoms with Gasteiger partial charge < -0.3 is 5.11 Å². The van der Waals surface area contributed by atoms with Crippen molar-refractivity contribution in [2.75, 3.05) is 14.1 Å². The Bertz CT molecular complexity index is 817. The highest BCUT2D eigenvalue weighted by atomic mass is 35.5. The smallest absolute Gasteiger partial charge is 0.244 e. The monoisotopic (exact) mass is 338 g/mol. The SMILES string of the molecule is CN(C)S(=O)(=O)c1cc(N=Cc2ccccc2O)ccc1Cl. The molecule has 7 heteroatoms. The molecule has 0 radical (unpaired) electrons. The van der Waals surface area contributed by atoms with Gasteiger partial charge in [-0.05, 0) is 30.3 Å². The minimum Gasteiger partial charge on any atom is -0.507 e. The standard InChI is InChI=1S/C15H15ClN2O3S/c1-18(2)22(20,21)15-9-12(7-8-13(15)16)17-10-11-5-3-4-6-14(11)19/h3-10,19H,1-2H3. The van der Waals surface area contributed by atoms with Crippen LogP contribution in [0.1, 0.15) is 5.56 Å². The summed E-state index contributed by atoms with van der Waals surface area (Å²) in [4.78, 5) is 4.18. The number of hydrogen-bond acceptors (Lipinski definition) is 4. The van der Waals surface area contributed by atoms with Crippen LogP contribution >= 0.6 is 11.6 Å². The van der Waals surface area contributed by atoms with Gasteiger partial charge in [0.2, 0.25) is 10.0 Å². The number of phenols is 1. The normalized spacial score (nSPS) is 12.2. The lowest BCUT2D eigenvalue weighted by atomic mass is 10.2. The molecule has 0 aromatic heterocycles. The molecule has 0 spiro atoms. The number of aromatic hydroxyl groups is 1. The van der Waals surface area contributed by atoms with Crippen LogP contribution in [0.15, 0.2) is 52.4 Å². The number of nitrogens with zero attached hydrogens (tertiary/aromatic N) is 2. The zero-order valence-electron chi connectivity index (χ0n) is 12.1. The number of rotatable bonds is 4. The van der Waals surface area contributed by atoms with Crippen molar-refractivity contribution in [2.24, 2.45) is 4.99 Å². The van der Waals surface area contributed by atoms with E-state index in [-0.39, 0.29) is 15.7 Å². The van der Waals surface area contributed by atoms with Gasteiger partial charge in [-0.15, -0.1) is 0 Å². The van der Waals surface area contributed by atoms with Crippen LogP contribution in [0.5, 0.6) is 5.75 Å². The summed E-state index contributed by atoms with van der Waals surface area (Å²) in [6, 6.07) is 11.2. The summed E-state index contributed by atoms with van der Waals surface area (Å²) in [7, 11) is -0.775. The van der Waals surface area contributed by atoms with Gasteiger partial charge in [-0.25, -0.2) is 12.7 Å². The minimum atomic E-state index is -3.64. The molecule has 1 N–H and O–H groups in total. The van der Waals surface area contributed by atoms with E-state index in [2.05, 4.69) is 4.99 Å². The van der Waals surface area contributed by atoms with Crippen molar-refractivity contribution in [2.45, 2.75) is 4.90 Å². The molecule has 0 aliphatic heterocycles. The van der Waals surface area contributed by atoms with Crippen molar-refractivity contribution in [3.63, 3.8) is 0 Å². The van der Waals surface area contributed by atoms with Crippen LogP contribution in [0.3, 0.4) is 0 Å². The molecule has 0 saturated heterocycles. The fourth-order valence-corrected chi connectivity index (χ4v) is 3.10. The Morgan fingerprint density at radius 2 is 1.86 bits per heavy atom. The Hall–Kier alpha value is -1.89. The molecule has 116 valence electrons. The largest absolute Gasteiger partial charge is 0.507 e. The first-order valence-corrected chi connectivity index (χ1v) is 8.18. The summed E-state index contributed by atoms with van der Waals surface area (Å²) < 4.78 is 25.5. The third-order valence-corrected chi connectivity index (χ3v) is 5.26. The Morgan fingerprint density at radius 3 is 2.50 bits per heavy atom. The average Bonchev–Trinajstić information content (AvgIpc) is 2.47. The number of aliphatic imine (C=N–C) groups is 1. The lowest BCUT2D eigenvalue weighted by Crippen LogP contribution is -2.22. The molecule has 0 atom stereocenters. The van der Waals surface area contributed by atoms with Crippen molar-refractivity contribution in [3.05, 3.63) is 53.1 Å². The minimum absolute atomic E-state index is 0.00824. The molecule has 2 rings (SSSR count). The fourth-order valence-electron chi connectivity index (χ4n) is 1.71. The van der Waals surface area contributed by atoms with Crippen LogP contribution in [0.4, 0.5) is 5.69 Å². The summed E-state index contributed by atoms with van der Waals surface area (Å²) in [5.41, 5.74) is 0.961. The van der Waals surface area contributed by atoms with Crippen molar-refractivity contribution in [1.82, 2.24) is 4.31 Å². The van der Waals surface area contributed by atoms with E-state index in [0.717, 1.165) is 4.31 Å². The molecule has 0 amide bonds. The lowest BCUT2D eigenvalue weighted by Gasteiger charge is -2.12. The predicted molar refractivity (Wildman–Crippen MR) is 87.7 cm³/mol. The molecule has 0 saturated carbocycles. The van der Waals surface area contributed by atoms with Crippen molar-refractivity contribution in [3.8, 4) is 5.75 Å². The first kappa shape index (κ1) is 16.5. The Kier molecular flexibility index (Phi) is 4.85. The third-order valence-electron chi connectivity index (χ3n) is 2.96. The second-order valence-electron chi connectivity index (χ2n) is 4.72. The third kappa shape index (κ3) is 3.47. The maximum Gasteiger partial charge on any atom is 0.244 e. The van der Waals surface area contributed by atoms with Crippen LogP contribution in [-0.2, 0) is 10.0 Å². The highest BCUT2D eigenvalue weighted by Crippen LogP contribution is 2.28. The first-order valence-electron chi connectivity index (χ1n) is 6.36. The van der Waals surface area contributed by atoms with Crippen LogP contribution in [0, 0.1) is 0 Å². The molecular formula is C15H15ClN2O3S. The number of sulfonamides is 1. The van der Waals surface area contributed by atoms with Gasteiger partial charge >= 0.3 is 0 Å². The van der Waals surface area contributed by atoms with Crippen molar-refractivity contribution in [1.29, 1.82) is 0 Å². The Balaban J connectivity index is 2.41. The van der Waals surface area contributed by atoms with Gasteiger partial charge in [0, 0.05) is 25.9 Å². The van der Waals surface area contributed by atoms with E-state index in [1.807, 2.05) is 0 Å². The maximum atomic E-state index is 12.2. The summed E-state index contributed by atoms with van der Waals surface area (Å²) in [5, 5.41) is 9.81. The molecular weight excluding hydrogens is 324 g/mol. The van der Waals surface area contributed by atoms with E-state index in [9.17, 15) is 13.5 Å². The second kappa shape index (κ2) is 6.48. The van der Waals surface area contributed by atoms with E-state index in [4.69, 9.17) is 11.6 Å². The van der Waals surface area contributed by atoms with Crippen molar-refractivity contribution >= 4 is 33.5 Å². The zero-order chi connectivity index (χ0) is 16.3. The van der Waals surface area contributed by atoms with Gasteiger partial charge in [-0.3, -0.25) is 4.99 Å². The topological polar surface area (TPSA) is 70.0 Å². The molecule has 0 unspecified atom stereocenters. The molecule has 5 nitrogen and oxygen atoms in total. The van der Waals surface area contributed by atoms with Crippen LogP contribution in [0.25, 0.3) is 0 Å².